The second kappa shape index (κ2) is 9.33. The van der Waals surface area contributed by atoms with Crippen molar-refractivity contribution in [2.24, 2.45) is 5.10 Å². The number of hydrogen-bond donors (Lipinski definition) is 1. The normalized spacial score (nSPS) is 11.5. The standard InChI is InChI=1S/C27H18Br2N2O2/c28-20-10-11-23-19(14-20)9-12-25(27(23)29)33-16-26(32)31-30-15-24-21-7-3-1-5-17(21)13-18-6-2-4-8-22(18)24/h1-15H,16H2,(H,31,32)/b30-15+. The van der Waals surface area contributed by atoms with Gasteiger partial charge in [-0.05, 0) is 72.5 Å². The van der Waals surface area contributed by atoms with E-state index >= 15 is 0 Å². The van der Waals surface area contributed by atoms with Crippen molar-refractivity contribution in [1.29, 1.82) is 0 Å². The van der Waals surface area contributed by atoms with Crippen LogP contribution in [-0.4, -0.2) is 18.7 Å². The molecule has 6 heteroatoms. The molecule has 0 aliphatic carbocycles. The second-order valence-electron chi connectivity index (χ2n) is 7.56. The summed E-state index contributed by atoms with van der Waals surface area (Å²) in [5, 5.41) is 10.7. The highest BCUT2D eigenvalue weighted by Gasteiger charge is 2.10. The van der Waals surface area contributed by atoms with Gasteiger partial charge in [-0.1, -0.05) is 76.6 Å². The predicted octanol–water partition coefficient (Wildman–Crippen LogP) is 7.20. The van der Waals surface area contributed by atoms with Gasteiger partial charge in [-0.15, -0.1) is 0 Å². The zero-order valence-electron chi connectivity index (χ0n) is 17.4. The van der Waals surface area contributed by atoms with E-state index in [2.05, 4.69) is 72.7 Å². The van der Waals surface area contributed by atoms with Crippen molar-refractivity contribution < 1.29 is 9.53 Å². The number of halogens is 2. The molecular formula is C27H18Br2N2O2. The van der Waals surface area contributed by atoms with E-state index < -0.39 is 0 Å². The third kappa shape index (κ3) is 4.49. The van der Waals surface area contributed by atoms with Crippen LogP contribution < -0.4 is 10.2 Å². The summed E-state index contributed by atoms with van der Waals surface area (Å²) in [6.45, 7) is -0.145. The maximum Gasteiger partial charge on any atom is 0.277 e. The van der Waals surface area contributed by atoms with E-state index in [0.717, 1.165) is 46.8 Å². The molecule has 0 saturated carbocycles. The van der Waals surface area contributed by atoms with Crippen LogP contribution in [0.4, 0.5) is 0 Å². The minimum Gasteiger partial charge on any atom is -0.483 e. The molecule has 4 nitrogen and oxygen atoms in total. The lowest BCUT2D eigenvalue weighted by Crippen LogP contribution is -2.24. The molecule has 5 aromatic carbocycles. The van der Waals surface area contributed by atoms with Crippen molar-refractivity contribution in [2.45, 2.75) is 0 Å². The molecule has 5 rings (SSSR count). The lowest BCUT2D eigenvalue weighted by molar-refractivity contribution is -0.123. The zero-order valence-corrected chi connectivity index (χ0v) is 20.6. The zero-order chi connectivity index (χ0) is 22.8. The molecule has 0 heterocycles. The van der Waals surface area contributed by atoms with Gasteiger partial charge in [-0.2, -0.15) is 5.10 Å². The summed E-state index contributed by atoms with van der Waals surface area (Å²) in [6, 6.07) is 28.3. The van der Waals surface area contributed by atoms with E-state index in [9.17, 15) is 4.79 Å². The van der Waals surface area contributed by atoms with Gasteiger partial charge in [0.05, 0.1) is 10.7 Å². The van der Waals surface area contributed by atoms with Gasteiger partial charge in [0.2, 0.25) is 0 Å². The molecule has 33 heavy (non-hydrogen) atoms. The largest absolute Gasteiger partial charge is 0.483 e. The van der Waals surface area contributed by atoms with E-state index in [0.29, 0.717) is 5.75 Å². The number of hydrazone groups is 1. The molecule has 0 fully saturated rings. The molecule has 0 radical (unpaired) electrons. The molecular weight excluding hydrogens is 544 g/mol. The van der Waals surface area contributed by atoms with Crippen LogP contribution in [0.25, 0.3) is 32.3 Å². The molecule has 0 atom stereocenters. The first kappa shape index (κ1) is 21.6. The molecule has 0 spiro atoms. The molecule has 0 aliphatic heterocycles. The first-order valence-corrected chi connectivity index (χ1v) is 11.9. The minimum absolute atomic E-state index is 0.145. The highest BCUT2D eigenvalue weighted by molar-refractivity contribution is 9.11. The molecule has 162 valence electrons. The number of nitrogens with zero attached hydrogens (tertiary/aromatic N) is 1. The van der Waals surface area contributed by atoms with Gasteiger partial charge in [-0.3, -0.25) is 4.79 Å². The first-order valence-electron chi connectivity index (χ1n) is 10.3. The second-order valence-corrected chi connectivity index (χ2v) is 9.27. The SMILES string of the molecule is O=C(COc1ccc2cc(Br)ccc2c1Br)N/N=C/c1c2ccccc2cc2ccccc12. The molecule has 1 amide bonds. The summed E-state index contributed by atoms with van der Waals surface area (Å²) in [7, 11) is 0. The Bertz CT molecular complexity index is 1490. The predicted molar refractivity (Wildman–Crippen MR) is 142 cm³/mol. The Labute approximate surface area is 207 Å². The lowest BCUT2D eigenvalue weighted by atomic mass is 9.97. The Morgan fingerprint density at radius 3 is 2.21 bits per heavy atom. The van der Waals surface area contributed by atoms with Crippen LogP contribution in [-0.2, 0) is 4.79 Å². The van der Waals surface area contributed by atoms with Crippen molar-refractivity contribution >= 4 is 76.3 Å². The van der Waals surface area contributed by atoms with Gasteiger partial charge in [0.25, 0.3) is 5.91 Å². The summed E-state index contributed by atoms with van der Waals surface area (Å²) in [5.41, 5.74) is 3.54. The lowest BCUT2D eigenvalue weighted by Gasteiger charge is -2.10. The fraction of sp³-hybridized carbons (Fsp3) is 0.0370. The van der Waals surface area contributed by atoms with Crippen molar-refractivity contribution in [3.8, 4) is 5.75 Å². The fourth-order valence-corrected chi connectivity index (χ4v) is 4.87. The monoisotopic (exact) mass is 560 g/mol. The van der Waals surface area contributed by atoms with Crippen molar-refractivity contribution in [2.75, 3.05) is 6.61 Å². The summed E-state index contributed by atoms with van der Waals surface area (Å²) >= 11 is 7.06. The summed E-state index contributed by atoms with van der Waals surface area (Å²) in [4.78, 5) is 12.4. The number of carbonyl (C=O) groups excluding carboxylic acids is 1. The van der Waals surface area contributed by atoms with Crippen LogP contribution >= 0.6 is 31.9 Å². The van der Waals surface area contributed by atoms with Crippen LogP contribution in [0.3, 0.4) is 0 Å². The van der Waals surface area contributed by atoms with Gasteiger partial charge in [0.15, 0.2) is 6.61 Å². The number of carbonyl (C=O) groups is 1. The van der Waals surface area contributed by atoms with Gasteiger partial charge < -0.3 is 4.74 Å². The van der Waals surface area contributed by atoms with E-state index in [4.69, 9.17) is 4.74 Å². The van der Waals surface area contributed by atoms with Gasteiger partial charge in [-0.25, -0.2) is 5.43 Å². The maximum atomic E-state index is 12.4. The van der Waals surface area contributed by atoms with Crippen molar-refractivity contribution in [1.82, 2.24) is 5.43 Å². The number of fused-ring (bicyclic) bond motifs is 3. The maximum absolute atomic E-state index is 12.4. The van der Waals surface area contributed by atoms with Gasteiger partial charge in [0.1, 0.15) is 5.75 Å². The molecule has 0 bridgehead atoms. The van der Waals surface area contributed by atoms with Crippen LogP contribution in [0.1, 0.15) is 5.56 Å². The van der Waals surface area contributed by atoms with E-state index in [1.165, 1.54) is 0 Å². The molecule has 5 aromatic rings. The van der Waals surface area contributed by atoms with E-state index in [1.54, 1.807) is 6.21 Å². The van der Waals surface area contributed by atoms with E-state index in [1.807, 2.05) is 54.6 Å². The van der Waals surface area contributed by atoms with E-state index in [-0.39, 0.29) is 12.5 Å². The Morgan fingerprint density at radius 1 is 0.818 bits per heavy atom. The number of amides is 1. The summed E-state index contributed by atoms with van der Waals surface area (Å²) < 4.78 is 7.55. The number of hydrogen-bond acceptors (Lipinski definition) is 3. The molecule has 0 aromatic heterocycles. The molecule has 1 N–H and O–H groups in total. The van der Waals surface area contributed by atoms with Gasteiger partial charge in [0, 0.05) is 10.0 Å². The Hall–Kier alpha value is -3.22. The quantitative estimate of drug-likeness (QED) is 0.140. The van der Waals surface area contributed by atoms with Crippen LogP contribution in [0.15, 0.2) is 99.0 Å². The topological polar surface area (TPSA) is 50.7 Å². The average Bonchev–Trinajstić information content (AvgIpc) is 2.83. The Kier molecular flexibility index (Phi) is 6.11. The Morgan fingerprint density at radius 2 is 1.48 bits per heavy atom. The highest BCUT2D eigenvalue weighted by Crippen LogP contribution is 2.34. The number of nitrogens with one attached hydrogen (secondary N) is 1. The molecule has 0 unspecified atom stereocenters. The smallest absolute Gasteiger partial charge is 0.277 e. The van der Waals surface area contributed by atoms with Crippen molar-refractivity contribution in [3.63, 3.8) is 0 Å². The van der Waals surface area contributed by atoms with Crippen LogP contribution in [0, 0.1) is 0 Å². The van der Waals surface area contributed by atoms with Crippen molar-refractivity contribution in [3.05, 3.63) is 99.4 Å². The molecule has 0 saturated heterocycles. The number of benzene rings is 5. The number of ether oxygens (including phenoxy) is 1. The minimum atomic E-state index is -0.335. The average molecular weight is 562 g/mol. The third-order valence-electron chi connectivity index (χ3n) is 5.44. The van der Waals surface area contributed by atoms with Gasteiger partial charge >= 0.3 is 0 Å². The first-order chi connectivity index (χ1) is 16.1. The number of rotatable bonds is 5. The fourth-order valence-electron chi connectivity index (χ4n) is 3.89. The van der Waals surface area contributed by atoms with Crippen LogP contribution in [0.2, 0.25) is 0 Å². The molecule has 0 aliphatic rings. The summed E-state index contributed by atoms with van der Waals surface area (Å²) in [6.07, 6.45) is 1.70. The van der Waals surface area contributed by atoms with Crippen LogP contribution in [0.5, 0.6) is 5.75 Å². The summed E-state index contributed by atoms with van der Waals surface area (Å²) in [5.74, 6) is 0.266. The Balaban J connectivity index is 1.32. The third-order valence-corrected chi connectivity index (χ3v) is 6.75. The highest BCUT2D eigenvalue weighted by atomic mass is 79.9.